The first-order valence-corrected chi connectivity index (χ1v) is 8.65. The Hall–Kier alpha value is -3.11. The fraction of sp³-hybridized carbons (Fsp3) is 0.0476. The summed E-state index contributed by atoms with van der Waals surface area (Å²) in [4.78, 5) is 17.3. The summed E-state index contributed by atoms with van der Waals surface area (Å²) in [6, 6.07) is 22.7. The molecule has 0 saturated carbocycles. The minimum Gasteiger partial charge on any atom is -0.326 e. The van der Waals surface area contributed by atoms with Crippen LogP contribution in [0.15, 0.2) is 79.0 Å². The van der Waals surface area contributed by atoms with Crippen LogP contribution < -0.4 is 5.32 Å². The van der Waals surface area contributed by atoms with Crippen molar-refractivity contribution in [1.82, 2.24) is 9.38 Å². The quantitative estimate of drug-likeness (QED) is 0.565. The maximum atomic E-state index is 12.6. The first-order chi connectivity index (χ1) is 12.7. The monoisotopic (exact) mass is 361 g/mol. The highest BCUT2D eigenvalue weighted by atomic mass is 35.5. The fourth-order valence-corrected chi connectivity index (χ4v) is 3.06. The van der Waals surface area contributed by atoms with Crippen LogP contribution in [0.5, 0.6) is 0 Å². The molecule has 2 aromatic carbocycles. The molecular formula is C21H16ClN3O. The summed E-state index contributed by atoms with van der Waals surface area (Å²) in [6.07, 6.45) is 2.14. The van der Waals surface area contributed by atoms with E-state index in [2.05, 4.69) is 5.32 Å². The van der Waals surface area contributed by atoms with Gasteiger partial charge in [0, 0.05) is 22.5 Å². The Morgan fingerprint density at radius 1 is 0.962 bits per heavy atom. The van der Waals surface area contributed by atoms with Gasteiger partial charge in [-0.25, -0.2) is 4.98 Å². The molecule has 0 aliphatic heterocycles. The van der Waals surface area contributed by atoms with Gasteiger partial charge >= 0.3 is 0 Å². The molecule has 0 atom stereocenters. The Morgan fingerprint density at radius 3 is 2.46 bits per heavy atom. The van der Waals surface area contributed by atoms with Crippen LogP contribution in [0, 0.1) is 0 Å². The van der Waals surface area contributed by atoms with Gasteiger partial charge in [0.1, 0.15) is 5.65 Å². The van der Waals surface area contributed by atoms with Gasteiger partial charge in [-0.3, -0.25) is 4.79 Å². The molecule has 1 amide bonds. The maximum Gasteiger partial charge on any atom is 0.230 e. The Labute approximate surface area is 156 Å². The number of rotatable bonds is 4. The van der Waals surface area contributed by atoms with Crippen molar-refractivity contribution >= 4 is 28.8 Å². The smallest absolute Gasteiger partial charge is 0.230 e. The van der Waals surface area contributed by atoms with Crippen LogP contribution in [0.3, 0.4) is 0 Å². The summed E-state index contributed by atoms with van der Waals surface area (Å²) in [7, 11) is 0. The number of carbonyl (C=O) groups is 1. The third kappa shape index (κ3) is 3.32. The zero-order valence-corrected chi connectivity index (χ0v) is 14.6. The first-order valence-electron chi connectivity index (χ1n) is 8.27. The summed E-state index contributed by atoms with van der Waals surface area (Å²) >= 11 is 6.00. The number of hydrogen-bond donors (Lipinski definition) is 1. The first kappa shape index (κ1) is 16.4. The van der Waals surface area contributed by atoms with Crippen molar-refractivity contribution in [2.24, 2.45) is 0 Å². The van der Waals surface area contributed by atoms with Crippen molar-refractivity contribution in [2.75, 3.05) is 5.32 Å². The second-order valence-corrected chi connectivity index (χ2v) is 6.37. The number of imidazole rings is 1. The molecule has 4 aromatic rings. The zero-order chi connectivity index (χ0) is 17.9. The second kappa shape index (κ2) is 7.02. The van der Waals surface area contributed by atoms with Crippen LogP contribution in [0.2, 0.25) is 5.02 Å². The maximum absolute atomic E-state index is 12.6. The van der Waals surface area contributed by atoms with Gasteiger partial charge < -0.3 is 9.72 Å². The van der Waals surface area contributed by atoms with Gasteiger partial charge in [0.15, 0.2) is 0 Å². The number of fused-ring (bicyclic) bond motifs is 1. The van der Waals surface area contributed by atoms with Crippen LogP contribution in [-0.4, -0.2) is 15.3 Å². The molecule has 26 heavy (non-hydrogen) atoms. The fourth-order valence-electron chi connectivity index (χ4n) is 2.93. The number of anilines is 1. The number of aromatic nitrogens is 2. The van der Waals surface area contributed by atoms with Crippen molar-refractivity contribution < 1.29 is 4.79 Å². The number of nitrogens with zero attached hydrogens (tertiary/aromatic N) is 2. The van der Waals surface area contributed by atoms with Gasteiger partial charge in [-0.1, -0.05) is 48.0 Å². The summed E-state index contributed by atoms with van der Waals surface area (Å²) in [5.41, 5.74) is 4.15. The molecule has 0 aliphatic rings. The molecule has 0 unspecified atom stereocenters. The van der Waals surface area contributed by atoms with E-state index in [1.807, 2.05) is 83.4 Å². The standard InChI is InChI=1S/C21H16ClN3O/c22-16-11-9-15(10-12-16)21-18(25-13-5-4-8-19(25)24-21)14-20(26)23-17-6-2-1-3-7-17/h1-13H,14H2,(H,23,26). The SMILES string of the molecule is O=C(Cc1c(-c2ccc(Cl)cc2)nc2ccccn12)Nc1ccccc1. The Morgan fingerprint density at radius 2 is 1.69 bits per heavy atom. The van der Waals surface area contributed by atoms with Crippen molar-refractivity contribution in [3.63, 3.8) is 0 Å². The highest BCUT2D eigenvalue weighted by molar-refractivity contribution is 6.30. The number of nitrogens with one attached hydrogen (secondary N) is 1. The van der Waals surface area contributed by atoms with E-state index in [0.717, 1.165) is 28.3 Å². The number of pyridine rings is 1. The van der Waals surface area contributed by atoms with E-state index in [1.165, 1.54) is 0 Å². The van der Waals surface area contributed by atoms with E-state index < -0.39 is 0 Å². The average molecular weight is 362 g/mol. The molecule has 4 nitrogen and oxygen atoms in total. The Kier molecular flexibility index (Phi) is 4.42. The highest BCUT2D eigenvalue weighted by Crippen LogP contribution is 2.26. The molecule has 2 heterocycles. The number of benzene rings is 2. The molecule has 0 saturated heterocycles. The van der Waals surface area contributed by atoms with Crippen LogP contribution in [0.4, 0.5) is 5.69 Å². The lowest BCUT2D eigenvalue weighted by Crippen LogP contribution is -2.16. The van der Waals surface area contributed by atoms with Gasteiger partial charge in [-0.15, -0.1) is 0 Å². The topological polar surface area (TPSA) is 46.4 Å². The summed E-state index contributed by atoms with van der Waals surface area (Å²) in [5, 5.41) is 3.60. The minimum absolute atomic E-state index is 0.0860. The summed E-state index contributed by atoms with van der Waals surface area (Å²) < 4.78 is 1.95. The van der Waals surface area contributed by atoms with E-state index in [0.29, 0.717) is 5.02 Å². The van der Waals surface area contributed by atoms with Crippen LogP contribution in [-0.2, 0) is 11.2 Å². The molecule has 0 spiro atoms. The van der Waals surface area contributed by atoms with Crippen LogP contribution in [0.25, 0.3) is 16.9 Å². The van der Waals surface area contributed by atoms with Crippen LogP contribution >= 0.6 is 11.6 Å². The Bertz CT molecular complexity index is 1060. The van der Waals surface area contributed by atoms with Crippen molar-refractivity contribution in [3.05, 3.63) is 89.7 Å². The number of para-hydroxylation sites is 1. The molecule has 0 radical (unpaired) electrons. The van der Waals surface area contributed by atoms with Gasteiger partial charge in [-0.2, -0.15) is 0 Å². The molecule has 128 valence electrons. The predicted molar refractivity (Wildman–Crippen MR) is 104 cm³/mol. The molecule has 0 aliphatic carbocycles. The highest BCUT2D eigenvalue weighted by Gasteiger charge is 2.17. The lowest BCUT2D eigenvalue weighted by Gasteiger charge is -2.07. The van der Waals surface area contributed by atoms with Crippen LogP contribution in [0.1, 0.15) is 5.69 Å². The molecule has 2 aromatic heterocycles. The Balaban J connectivity index is 1.72. The number of hydrogen-bond acceptors (Lipinski definition) is 2. The molecule has 0 bridgehead atoms. The van der Waals surface area contributed by atoms with E-state index in [9.17, 15) is 4.79 Å². The minimum atomic E-state index is -0.0860. The molecular weight excluding hydrogens is 346 g/mol. The normalized spacial score (nSPS) is 10.8. The number of carbonyl (C=O) groups excluding carboxylic acids is 1. The number of amides is 1. The van der Waals surface area contributed by atoms with Crippen molar-refractivity contribution in [3.8, 4) is 11.3 Å². The van der Waals surface area contributed by atoms with E-state index in [1.54, 1.807) is 0 Å². The van der Waals surface area contributed by atoms with E-state index in [4.69, 9.17) is 16.6 Å². The third-order valence-electron chi connectivity index (χ3n) is 4.13. The lowest BCUT2D eigenvalue weighted by atomic mass is 10.1. The van der Waals surface area contributed by atoms with Gasteiger partial charge in [0.25, 0.3) is 0 Å². The number of halogens is 1. The molecule has 5 heteroatoms. The van der Waals surface area contributed by atoms with Gasteiger partial charge in [0.2, 0.25) is 5.91 Å². The largest absolute Gasteiger partial charge is 0.326 e. The zero-order valence-electron chi connectivity index (χ0n) is 13.9. The van der Waals surface area contributed by atoms with Gasteiger partial charge in [0.05, 0.1) is 17.8 Å². The second-order valence-electron chi connectivity index (χ2n) is 5.93. The lowest BCUT2D eigenvalue weighted by molar-refractivity contribution is -0.115. The van der Waals surface area contributed by atoms with Gasteiger partial charge in [-0.05, 0) is 36.4 Å². The van der Waals surface area contributed by atoms with E-state index in [-0.39, 0.29) is 12.3 Å². The molecule has 4 rings (SSSR count). The summed E-state index contributed by atoms with van der Waals surface area (Å²) in [5.74, 6) is -0.0860. The molecule has 0 fully saturated rings. The summed E-state index contributed by atoms with van der Waals surface area (Å²) in [6.45, 7) is 0. The third-order valence-corrected chi connectivity index (χ3v) is 4.38. The van der Waals surface area contributed by atoms with Crippen molar-refractivity contribution in [1.29, 1.82) is 0 Å². The predicted octanol–water partition coefficient (Wildman–Crippen LogP) is 4.84. The van der Waals surface area contributed by atoms with Crippen molar-refractivity contribution in [2.45, 2.75) is 6.42 Å². The molecule has 1 N–H and O–H groups in total. The van der Waals surface area contributed by atoms with E-state index >= 15 is 0 Å². The average Bonchev–Trinajstić information content (AvgIpc) is 3.02.